The molecule has 1 aliphatic carbocycles. The van der Waals surface area contributed by atoms with E-state index in [0.717, 1.165) is 28.8 Å². The van der Waals surface area contributed by atoms with Crippen molar-refractivity contribution in [3.63, 3.8) is 0 Å². The van der Waals surface area contributed by atoms with Gasteiger partial charge in [-0.2, -0.15) is 0 Å². The summed E-state index contributed by atoms with van der Waals surface area (Å²) in [5.41, 5.74) is 2.05. The van der Waals surface area contributed by atoms with Gasteiger partial charge in [-0.15, -0.1) is 0 Å². The van der Waals surface area contributed by atoms with E-state index in [1.54, 1.807) is 0 Å². The van der Waals surface area contributed by atoms with Crippen LogP contribution in [0.1, 0.15) is 54.9 Å². The van der Waals surface area contributed by atoms with Gasteiger partial charge < -0.3 is 0 Å². The van der Waals surface area contributed by atoms with Crippen LogP contribution in [0.5, 0.6) is 0 Å². The van der Waals surface area contributed by atoms with Gasteiger partial charge in [-0.3, -0.25) is 4.79 Å². The second kappa shape index (κ2) is 6.01. The highest BCUT2D eigenvalue weighted by Gasteiger charge is 2.27. The Kier molecular flexibility index (Phi) is 4.60. The molecule has 1 nitrogen and oxygen atoms in total. The predicted molar refractivity (Wildman–Crippen MR) is 78.9 cm³/mol. The second-order valence-corrected chi connectivity index (χ2v) is 6.32. The standard InChI is InChI=1S/C16H21BrO/c1-3-12-5-4-6-13(9-12)16(18)14-8-7-11(2)15(17)10-14/h7-8,10,12-13H,3-6,9H2,1-2H3. The van der Waals surface area contributed by atoms with Crippen LogP contribution in [0.15, 0.2) is 22.7 Å². The molecule has 18 heavy (non-hydrogen) atoms. The van der Waals surface area contributed by atoms with Gasteiger partial charge in [0.15, 0.2) is 5.78 Å². The summed E-state index contributed by atoms with van der Waals surface area (Å²) in [6.07, 6.45) is 5.88. The third-order valence-electron chi connectivity index (χ3n) is 4.19. The quantitative estimate of drug-likeness (QED) is 0.705. The van der Waals surface area contributed by atoms with Gasteiger partial charge in [0.05, 0.1) is 0 Å². The SMILES string of the molecule is CCC1CCCC(C(=O)c2ccc(C)c(Br)c2)C1. The van der Waals surface area contributed by atoms with E-state index in [9.17, 15) is 4.79 Å². The van der Waals surface area contributed by atoms with Crippen LogP contribution < -0.4 is 0 Å². The van der Waals surface area contributed by atoms with Crippen molar-refractivity contribution in [2.75, 3.05) is 0 Å². The van der Waals surface area contributed by atoms with Crippen molar-refractivity contribution in [2.24, 2.45) is 11.8 Å². The summed E-state index contributed by atoms with van der Waals surface area (Å²) in [4.78, 5) is 12.5. The summed E-state index contributed by atoms with van der Waals surface area (Å²) in [6, 6.07) is 5.97. The van der Waals surface area contributed by atoms with Gasteiger partial charge in [0.25, 0.3) is 0 Å². The molecule has 0 saturated heterocycles. The molecule has 2 rings (SSSR count). The minimum absolute atomic E-state index is 0.248. The van der Waals surface area contributed by atoms with Crippen molar-refractivity contribution >= 4 is 21.7 Å². The number of hydrogen-bond acceptors (Lipinski definition) is 1. The number of aryl methyl sites for hydroxylation is 1. The van der Waals surface area contributed by atoms with Crippen LogP contribution in [-0.2, 0) is 0 Å². The Morgan fingerprint density at radius 1 is 1.39 bits per heavy atom. The van der Waals surface area contributed by atoms with E-state index in [1.165, 1.54) is 24.8 Å². The molecule has 0 amide bonds. The normalized spacial score (nSPS) is 23.9. The lowest BCUT2D eigenvalue weighted by atomic mass is 9.77. The Labute approximate surface area is 118 Å². The summed E-state index contributed by atoms with van der Waals surface area (Å²) < 4.78 is 1.04. The molecular formula is C16H21BrO. The zero-order valence-corrected chi connectivity index (χ0v) is 12.8. The molecule has 0 heterocycles. The molecule has 1 fully saturated rings. The molecule has 0 aromatic heterocycles. The highest BCUT2D eigenvalue weighted by Crippen LogP contribution is 2.33. The van der Waals surface area contributed by atoms with E-state index in [0.29, 0.717) is 5.78 Å². The largest absolute Gasteiger partial charge is 0.294 e. The number of ketones is 1. The van der Waals surface area contributed by atoms with Gasteiger partial charge in [-0.1, -0.05) is 54.2 Å². The number of hydrogen-bond donors (Lipinski definition) is 0. The van der Waals surface area contributed by atoms with Gasteiger partial charge in [0.1, 0.15) is 0 Å². The number of halogens is 1. The number of Topliss-reactive ketones (excluding diaryl/α,β-unsaturated/α-hetero) is 1. The second-order valence-electron chi connectivity index (χ2n) is 5.47. The first-order chi connectivity index (χ1) is 8.61. The summed E-state index contributed by atoms with van der Waals surface area (Å²) in [5, 5.41) is 0. The molecule has 1 aliphatic rings. The Balaban J connectivity index is 2.12. The predicted octanol–water partition coefficient (Wildman–Crippen LogP) is 5.16. The van der Waals surface area contributed by atoms with E-state index in [-0.39, 0.29) is 5.92 Å². The Morgan fingerprint density at radius 3 is 2.83 bits per heavy atom. The fourth-order valence-corrected chi connectivity index (χ4v) is 3.26. The van der Waals surface area contributed by atoms with E-state index < -0.39 is 0 Å². The van der Waals surface area contributed by atoms with E-state index in [1.807, 2.05) is 25.1 Å². The summed E-state index contributed by atoms with van der Waals surface area (Å²) in [7, 11) is 0. The highest BCUT2D eigenvalue weighted by atomic mass is 79.9. The topological polar surface area (TPSA) is 17.1 Å². The third kappa shape index (κ3) is 3.03. The van der Waals surface area contributed by atoms with Crippen molar-refractivity contribution in [3.05, 3.63) is 33.8 Å². The maximum atomic E-state index is 12.5. The fraction of sp³-hybridized carbons (Fsp3) is 0.562. The molecule has 0 bridgehead atoms. The van der Waals surface area contributed by atoms with Gasteiger partial charge in [0.2, 0.25) is 0 Å². The maximum absolute atomic E-state index is 12.5. The first-order valence-electron chi connectivity index (χ1n) is 6.92. The van der Waals surface area contributed by atoms with Crippen LogP contribution in [0.25, 0.3) is 0 Å². The Hall–Kier alpha value is -0.630. The fourth-order valence-electron chi connectivity index (χ4n) is 2.88. The lowest BCUT2D eigenvalue weighted by Gasteiger charge is -2.27. The molecule has 0 aliphatic heterocycles. The average Bonchev–Trinajstić information content (AvgIpc) is 2.41. The first kappa shape index (κ1) is 13.8. The van der Waals surface area contributed by atoms with Gasteiger partial charge in [-0.05, 0) is 37.3 Å². The molecule has 1 aromatic rings. The van der Waals surface area contributed by atoms with E-state index in [4.69, 9.17) is 0 Å². The molecule has 1 aromatic carbocycles. The average molecular weight is 309 g/mol. The molecule has 2 heteroatoms. The zero-order valence-electron chi connectivity index (χ0n) is 11.2. The number of benzene rings is 1. The minimum Gasteiger partial charge on any atom is -0.294 e. The van der Waals surface area contributed by atoms with Crippen molar-refractivity contribution in [3.8, 4) is 0 Å². The number of carbonyl (C=O) groups excluding carboxylic acids is 1. The van der Waals surface area contributed by atoms with Crippen LogP contribution in [0.4, 0.5) is 0 Å². The van der Waals surface area contributed by atoms with Crippen LogP contribution in [0.3, 0.4) is 0 Å². The van der Waals surface area contributed by atoms with Crippen LogP contribution in [0.2, 0.25) is 0 Å². The highest BCUT2D eigenvalue weighted by molar-refractivity contribution is 9.10. The van der Waals surface area contributed by atoms with E-state index in [2.05, 4.69) is 22.9 Å². The lowest BCUT2D eigenvalue weighted by molar-refractivity contribution is 0.0862. The summed E-state index contributed by atoms with van der Waals surface area (Å²) in [6.45, 7) is 4.28. The Bertz CT molecular complexity index is 439. The van der Waals surface area contributed by atoms with Crippen LogP contribution in [-0.4, -0.2) is 5.78 Å². The summed E-state index contributed by atoms with van der Waals surface area (Å²) >= 11 is 3.51. The molecule has 0 N–H and O–H groups in total. The van der Waals surface area contributed by atoms with Crippen LogP contribution in [0, 0.1) is 18.8 Å². The monoisotopic (exact) mass is 308 g/mol. The first-order valence-corrected chi connectivity index (χ1v) is 7.71. The smallest absolute Gasteiger partial charge is 0.165 e. The van der Waals surface area contributed by atoms with Crippen molar-refractivity contribution in [2.45, 2.75) is 46.0 Å². The minimum atomic E-state index is 0.248. The molecule has 1 saturated carbocycles. The lowest BCUT2D eigenvalue weighted by Crippen LogP contribution is -2.22. The van der Waals surface area contributed by atoms with E-state index >= 15 is 0 Å². The molecule has 0 spiro atoms. The Morgan fingerprint density at radius 2 is 2.17 bits per heavy atom. The van der Waals surface area contributed by atoms with Gasteiger partial charge >= 0.3 is 0 Å². The molecule has 2 atom stereocenters. The molecule has 2 unspecified atom stereocenters. The van der Waals surface area contributed by atoms with Crippen LogP contribution >= 0.6 is 15.9 Å². The zero-order chi connectivity index (χ0) is 13.1. The number of rotatable bonds is 3. The van der Waals surface area contributed by atoms with Crippen molar-refractivity contribution < 1.29 is 4.79 Å². The molecule has 98 valence electrons. The molecule has 0 radical (unpaired) electrons. The molecular weight excluding hydrogens is 288 g/mol. The maximum Gasteiger partial charge on any atom is 0.165 e. The van der Waals surface area contributed by atoms with Gasteiger partial charge in [0, 0.05) is 16.0 Å². The number of carbonyl (C=O) groups is 1. The third-order valence-corrected chi connectivity index (χ3v) is 5.04. The van der Waals surface area contributed by atoms with Crippen molar-refractivity contribution in [1.82, 2.24) is 0 Å². The summed E-state index contributed by atoms with van der Waals surface area (Å²) in [5.74, 6) is 1.34. The van der Waals surface area contributed by atoms with Crippen molar-refractivity contribution in [1.29, 1.82) is 0 Å². The van der Waals surface area contributed by atoms with Gasteiger partial charge in [-0.25, -0.2) is 0 Å².